The molecule has 3 rings (SSSR count). The first-order valence-corrected chi connectivity index (χ1v) is 10.8. The fourth-order valence-corrected chi connectivity index (χ4v) is 4.05. The van der Waals surface area contributed by atoms with Crippen molar-refractivity contribution in [3.05, 3.63) is 53.7 Å². The van der Waals surface area contributed by atoms with Crippen molar-refractivity contribution >= 4 is 29.3 Å². The second kappa shape index (κ2) is 10.1. The van der Waals surface area contributed by atoms with Crippen molar-refractivity contribution < 1.29 is 22.8 Å². The number of nitrogens with two attached hydrogens (primary N) is 1. The smallest absolute Gasteiger partial charge is 0.369 e. The number of hydrogen-bond acceptors (Lipinski definition) is 5. The average Bonchev–Trinajstić information content (AvgIpc) is 2.73. The topological polar surface area (TPSA) is 88.3 Å². The van der Waals surface area contributed by atoms with E-state index in [1.807, 2.05) is 18.2 Å². The van der Waals surface area contributed by atoms with E-state index in [1.165, 1.54) is 6.07 Å². The summed E-state index contributed by atoms with van der Waals surface area (Å²) in [5.74, 6) is -0.726. The number of amides is 2. The Morgan fingerprint density at radius 2 is 2.00 bits per heavy atom. The molecule has 0 aliphatic carbocycles. The van der Waals surface area contributed by atoms with Gasteiger partial charge in [0.1, 0.15) is 0 Å². The van der Waals surface area contributed by atoms with Crippen LogP contribution in [0, 0.1) is 5.92 Å². The quantitative estimate of drug-likeness (QED) is 0.628. The summed E-state index contributed by atoms with van der Waals surface area (Å²) in [6.45, 7) is 2.02. The molecule has 0 spiro atoms. The van der Waals surface area contributed by atoms with Crippen LogP contribution in [0.2, 0.25) is 0 Å². The van der Waals surface area contributed by atoms with Gasteiger partial charge in [-0.3, -0.25) is 14.5 Å². The Labute approximate surface area is 182 Å². The molecular weight excluding hydrogens is 429 g/mol. The third kappa shape index (κ3) is 6.70. The number of halogens is 3. The molecule has 0 saturated carbocycles. The number of piperidine rings is 1. The number of benzene rings is 1. The molecule has 3 N–H and O–H groups in total. The van der Waals surface area contributed by atoms with E-state index in [-0.39, 0.29) is 23.5 Å². The summed E-state index contributed by atoms with van der Waals surface area (Å²) in [7, 11) is 0. The summed E-state index contributed by atoms with van der Waals surface area (Å²) in [5.41, 5.74) is 6.19. The summed E-state index contributed by atoms with van der Waals surface area (Å²) in [6, 6.07) is 9.59. The number of hydrogen-bond donors (Lipinski definition) is 2. The van der Waals surface area contributed by atoms with Gasteiger partial charge in [-0.15, -0.1) is 0 Å². The van der Waals surface area contributed by atoms with Crippen molar-refractivity contribution in [2.45, 2.75) is 30.6 Å². The lowest BCUT2D eigenvalue weighted by molar-refractivity contribution is -0.138. The van der Waals surface area contributed by atoms with Crippen LogP contribution in [0.25, 0.3) is 0 Å². The molecule has 1 atom stereocenters. The molecule has 0 radical (unpaired) electrons. The Bertz CT molecular complexity index is 922. The highest BCUT2D eigenvalue weighted by molar-refractivity contribution is 7.99. The fourth-order valence-electron chi connectivity index (χ4n) is 3.41. The standard InChI is InChI=1S/C21H23F3N4O2S/c22-21(23,24)16-7-8-19(26-10-16)31-13-18(29)27-17-6-2-1-4-14(17)11-28-9-3-5-15(12-28)20(25)30/h1-2,4,6-8,10,15H,3,5,9,11-13H2,(H2,25,30)(H,27,29). The molecule has 2 amide bonds. The molecular formula is C21H23F3N4O2S. The number of nitrogens with one attached hydrogen (secondary N) is 1. The maximum absolute atomic E-state index is 12.6. The first-order chi connectivity index (χ1) is 14.7. The van der Waals surface area contributed by atoms with E-state index in [1.54, 1.807) is 6.07 Å². The third-order valence-electron chi connectivity index (χ3n) is 5.01. The first-order valence-electron chi connectivity index (χ1n) is 9.78. The zero-order valence-corrected chi connectivity index (χ0v) is 17.5. The van der Waals surface area contributed by atoms with Crippen molar-refractivity contribution in [1.82, 2.24) is 9.88 Å². The van der Waals surface area contributed by atoms with Crippen LogP contribution in [0.1, 0.15) is 24.0 Å². The van der Waals surface area contributed by atoms with E-state index in [9.17, 15) is 22.8 Å². The minimum Gasteiger partial charge on any atom is -0.369 e. The molecule has 1 aromatic carbocycles. The number of carbonyl (C=O) groups excluding carboxylic acids is 2. The van der Waals surface area contributed by atoms with Crippen LogP contribution >= 0.6 is 11.8 Å². The molecule has 0 bridgehead atoms. The zero-order valence-electron chi connectivity index (χ0n) is 16.7. The van der Waals surface area contributed by atoms with E-state index in [4.69, 9.17) is 5.73 Å². The van der Waals surface area contributed by atoms with E-state index in [0.29, 0.717) is 23.8 Å². The average molecular weight is 453 g/mol. The lowest BCUT2D eigenvalue weighted by Gasteiger charge is -2.31. The predicted octanol–water partition coefficient (Wildman–Crippen LogP) is 3.53. The Balaban J connectivity index is 1.56. The van der Waals surface area contributed by atoms with E-state index in [0.717, 1.165) is 49.0 Å². The van der Waals surface area contributed by atoms with Crippen LogP contribution in [0.15, 0.2) is 47.6 Å². The summed E-state index contributed by atoms with van der Waals surface area (Å²) in [5, 5.41) is 3.19. The number of aromatic nitrogens is 1. The van der Waals surface area contributed by atoms with Gasteiger partial charge < -0.3 is 11.1 Å². The SMILES string of the molecule is NC(=O)C1CCCN(Cc2ccccc2NC(=O)CSc2ccc(C(F)(F)F)cn2)C1. The Morgan fingerprint density at radius 1 is 1.23 bits per heavy atom. The van der Waals surface area contributed by atoms with Crippen LogP contribution < -0.4 is 11.1 Å². The number of likely N-dealkylation sites (tertiary alicyclic amines) is 1. The number of anilines is 1. The number of para-hydroxylation sites is 1. The van der Waals surface area contributed by atoms with Crippen LogP contribution in [-0.2, 0) is 22.3 Å². The molecule has 166 valence electrons. The van der Waals surface area contributed by atoms with Gasteiger partial charge in [-0.05, 0) is 43.1 Å². The zero-order chi connectivity index (χ0) is 22.4. The maximum atomic E-state index is 12.6. The summed E-state index contributed by atoms with van der Waals surface area (Å²) < 4.78 is 37.8. The molecule has 2 heterocycles. The maximum Gasteiger partial charge on any atom is 0.417 e. The minimum absolute atomic E-state index is 0.0141. The monoisotopic (exact) mass is 452 g/mol. The molecule has 6 nitrogen and oxygen atoms in total. The van der Waals surface area contributed by atoms with Crippen molar-refractivity contribution in [3.63, 3.8) is 0 Å². The van der Waals surface area contributed by atoms with Crippen LogP contribution in [-0.4, -0.2) is 40.5 Å². The molecule has 1 aliphatic rings. The second-order valence-electron chi connectivity index (χ2n) is 7.35. The summed E-state index contributed by atoms with van der Waals surface area (Å²) in [4.78, 5) is 29.8. The van der Waals surface area contributed by atoms with Crippen molar-refractivity contribution in [2.24, 2.45) is 11.7 Å². The number of primary amides is 1. The molecule has 1 aromatic heterocycles. The minimum atomic E-state index is -4.44. The molecule has 1 fully saturated rings. The van der Waals surface area contributed by atoms with Crippen LogP contribution in [0.5, 0.6) is 0 Å². The van der Waals surface area contributed by atoms with E-state index in [2.05, 4.69) is 15.2 Å². The van der Waals surface area contributed by atoms with Gasteiger partial charge in [0.05, 0.1) is 22.3 Å². The van der Waals surface area contributed by atoms with Crippen LogP contribution in [0.4, 0.5) is 18.9 Å². The van der Waals surface area contributed by atoms with Crippen molar-refractivity contribution in [1.29, 1.82) is 0 Å². The predicted molar refractivity (Wildman–Crippen MR) is 112 cm³/mol. The first kappa shape index (κ1) is 23.1. The van der Waals surface area contributed by atoms with Gasteiger partial charge in [-0.2, -0.15) is 13.2 Å². The highest BCUT2D eigenvalue weighted by atomic mass is 32.2. The normalized spacial score (nSPS) is 17.3. The highest BCUT2D eigenvalue weighted by Crippen LogP contribution is 2.29. The van der Waals surface area contributed by atoms with Crippen LogP contribution in [0.3, 0.4) is 0 Å². The summed E-state index contributed by atoms with van der Waals surface area (Å²) >= 11 is 1.06. The largest absolute Gasteiger partial charge is 0.417 e. The van der Waals surface area contributed by atoms with Gasteiger partial charge in [0.15, 0.2) is 0 Å². The molecule has 1 aliphatic heterocycles. The Kier molecular flexibility index (Phi) is 7.55. The number of rotatable bonds is 7. The molecule has 1 saturated heterocycles. The lowest BCUT2D eigenvalue weighted by atomic mass is 9.97. The highest BCUT2D eigenvalue weighted by Gasteiger charge is 2.30. The van der Waals surface area contributed by atoms with E-state index < -0.39 is 11.7 Å². The molecule has 31 heavy (non-hydrogen) atoms. The number of carbonyl (C=O) groups is 2. The van der Waals surface area contributed by atoms with E-state index >= 15 is 0 Å². The van der Waals surface area contributed by atoms with Gasteiger partial charge in [0.2, 0.25) is 11.8 Å². The lowest BCUT2D eigenvalue weighted by Crippen LogP contribution is -2.40. The fraction of sp³-hybridized carbons (Fsp3) is 0.381. The number of alkyl halides is 3. The van der Waals surface area contributed by atoms with Gasteiger partial charge in [-0.1, -0.05) is 30.0 Å². The third-order valence-corrected chi connectivity index (χ3v) is 5.95. The molecule has 2 aromatic rings. The summed E-state index contributed by atoms with van der Waals surface area (Å²) in [6.07, 6.45) is -2.01. The van der Waals surface area contributed by atoms with Crippen molar-refractivity contribution in [2.75, 3.05) is 24.2 Å². The Hall–Kier alpha value is -2.59. The van der Waals surface area contributed by atoms with Gasteiger partial charge in [0.25, 0.3) is 0 Å². The van der Waals surface area contributed by atoms with Gasteiger partial charge >= 0.3 is 6.18 Å². The number of thioether (sulfide) groups is 1. The second-order valence-corrected chi connectivity index (χ2v) is 8.35. The number of pyridine rings is 1. The molecule has 10 heteroatoms. The molecule has 1 unspecified atom stereocenters. The van der Waals surface area contributed by atoms with Gasteiger partial charge in [0, 0.05) is 25.0 Å². The van der Waals surface area contributed by atoms with Crippen molar-refractivity contribution in [3.8, 4) is 0 Å². The van der Waals surface area contributed by atoms with Gasteiger partial charge in [-0.25, -0.2) is 4.98 Å². The number of nitrogens with zero attached hydrogens (tertiary/aromatic N) is 2. The Morgan fingerprint density at radius 3 is 2.68 bits per heavy atom.